The molecule has 1 amide bonds. The monoisotopic (exact) mass is 338 g/mol. The highest BCUT2D eigenvalue weighted by Crippen LogP contribution is 2.27. The maximum absolute atomic E-state index is 14.7. The highest BCUT2D eigenvalue weighted by atomic mass is 19.1. The predicted octanol–water partition coefficient (Wildman–Crippen LogP) is 2.73. The Bertz CT molecular complexity index is 944. The Morgan fingerprint density at radius 1 is 1.32 bits per heavy atom. The quantitative estimate of drug-likeness (QED) is 0.771. The minimum atomic E-state index is -0.545. The van der Waals surface area contributed by atoms with Gasteiger partial charge in [0.2, 0.25) is 0 Å². The standard InChI is InChI=1S/C19H19FN4O/c20-16-9-12(13-4-2-8-22-10-13)6-7-17(16)24-11-14-3-1-5-15(19(21)25)18(14)23-24/h1,3,5-7,9,11,13,22H,2,4,8,10H2,(H2,21,25). The summed E-state index contributed by atoms with van der Waals surface area (Å²) in [6.45, 7) is 1.91. The third-order valence-corrected chi connectivity index (χ3v) is 4.79. The first-order valence-electron chi connectivity index (χ1n) is 8.42. The van der Waals surface area contributed by atoms with E-state index in [0.29, 0.717) is 22.7 Å². The lowest BCUT2D eigenvalue weighted by atomic mass is 9.91. The molecule has 2 heterocycles. The van der Waals surface area contributed by atoms with Gasteiger partial charge in [0.05, 0.1) is 5.56 Å². The van der Waals surface area contributed by atoms with Crippen molar-refractivity contribution in [2.45, 2.75) is 18.8 Å². The number of benzene rings is 2. The number of nitrogens with two attached hydrogens (primary N) is 1. The van der Waals surface area contributed by atoms with Gasteiger partial charge in [-0.15, -0.1) is 0 Å². The molecule has 1 saturated heterocycles. The highest BCUT2D eigenvalue weighted by Gasteiger charge is 2.18. The zero-order chi connectivity index (χ0) is 17.4. The van der Waals surface area contributed by atoms with Crippen LogP contribution in [0.4, 0.5) is 4.39 Å². The topological polar surface area (TPSA) is 72.9 Å². The Labute approximate surface area is 144 Å². The van der Waals surface area contributed by atoms with Crippen molar-refractivity contribution in [3.05, 3.63) is 59.5 Å². The van der Waals surface area contributed by atoms with E-state index in [1.807, 2.05) is 12.1 Å². The van der Waals surface area contributed by atoms with Crippen molar-refractivity contribution >= 4 is 16.8 Å². The van der Waals surface area contributed by atoms with Crippen LogP contribution in [-0.4, -0.2) is 28.8 Å². The summed E-state index contributed by atoms with van der Waals surface area (Å²) < 4.78 is 16.2. The first-order valence-corrected chi connectivity index (χ1v) is 8.42. The molecule has 1 aliphatic heterocycles. The van der Waals surface area contributed by atoms with Gasteiger partial charge in [0.1, 0.15) is 17.0 Å². The smallest absolute Gasteiger partial charge is 0.250 e. The average Bonchev–Trinajstić information content (AvgIpc) is 3.06. The summed E-state index contributed by atoms with van der Waals surface area (Å²) in [7, 11) is 0. The molecule has 2 aromatic carbocycles. The maximum atomic E-state index is 14.7. The van der Waals surface area contributed by atoms with E-state index in [2.05, 4.69) is 10.4 Å². The molecule has 128 valence electrons. The number of aromatic nitrogens is 2. The fourth-order valence-electron chi connectivity index (χ4n) is 3.47. The van der Waals surface area contributed by atoms with Crippen LogP contribution in [-0.2, 0) is 0 Å². The molecule has 1 atom stereocenters. The van der Waals surface area contributed by atoms with Crippen molar-refractivity contribution in [3.8, 4) is 5.69 Å². The molecule has 4 rings (SSSR count). The Kier molecular flexibility index (Phi) is 3.97. The van der Waals surface area contributed by atoms with Crippen molar-refractivity contribution in [1.29, 1.82) is 0 Å². The van der Waals surface area contributed by atoms with Crippen LogP contribution in [0.25, 0.3) is 16.6 Å². The number of hydrogen-bond acceptors (Lipinski definition) is 3. The van der Waals surface area contributed by atoms with Crippen LogP contribution in [0.1, 0.15) is 34.7 Å². The van der Waals surface area contributed by atoms with E-state index < -0.39 is 5.91 Å². The van der Waals surface area contributed by atoms with Gasteiger partial charge in [-0.1, -0.05) is 18.2 Å². The molecule has 0 aliphatic carbocycles. The van der Waals surface area contributed by atoms with Crippen molar-refractivity contribution in [1.82, 2.24) is 15.1 Å². The Balaban J connectivity index is 1.73. The van der Waals surface area contributed by atoms with E-state index in [4.69, 9.17) is 5.73 Å². The zero-order valence-electron chi connectivity index (χ0n) is 13.7. The second-order valence-electron chi connectivity index (χ2n) is 6.44. The van der Waals surface area contributed by atoms with Gasteiger partial charge in [-0.05, 0) is 49.1 Å². The zero-order valence-corrected chi connectivity index (χ0v) is 13.7. The molecule has 1 aromatic heterocycles. The van der Waals surface area contributed by atoms with Gasteiger partial charge < -0.3 is 11.1 Å². The molecule has 5 nitrogen and oxygen atoms in total. The van der Waals surface area contributed by atoms with Gasteiger partial charge in [0.15, 0.2) is 0 Å². The van der Waals surface area contributed by atoms with E-state index in [0.717, 1.165) is 36.9 Å². The third-order valence-electron chi connectivity index (χ3n) is 4.79. The molecule has 3 N–H and O–H groups in total. The summed E-state index contributed by atoms with van der Waals surface area (Å²) in [4.78, 5) is 11.5. The molecule has 0 bridgehead atoms. The van der Waals surface area contributed by atoms with Gasteiger partial charge >= 0.3 is 0 Å². The Hall–Kier alpha value is -2.73. The number of carbonyl (C=O) groups excluding carboxylic acids is 1. The van der Waals surface area contributed by atoms with Crippen LogP contribution in [0.2, 0.25) is 0 Å². The minimum Gasteiger partial charge on any atom is -0.366 e. The van der Waals surface area contributed by atoms with Gasteiger partial charge in [0.25, 0.3) is 5.91 Å². The van der Waals surface area contributed by atoms with Crippen LogP contribution in [0.15, 0.2) is 42.6 Å². The molecule has 1 aliphatic rings. The van der Waals surface area contributed by atoms with Gasteiger partial charge in [-0.2, -0.15) is 5.10 Å². The predicted molar refractivity (Wildman–Crippen MR) is 94.4 cm³/mol. The van der Waals surface area contributed by atoms with Gasteiger partial charge in [-0.25, -0.2) is 9.07 Å². The summed E-state index contributed by atoms with van der Waals surface area (Å²) in [6, 6.07) is 10.5. The number of fused-ring (bicyclic) bond motifs is 1. The molecule has 25 heavy (non-hydrogen) atoms. The van der Waals surface area contributed by atoms with E-state index in [-0.39, 0.29) is 5.82 Å². The average molecular weight is 338 g/mol. The largest absolute Gasteiger partial charge is 0.366 e. The lowest BCUT2D eigenvalue weighted by Gasteiger charge is -2.23. The fourth-order valence-corrected chi connectivity index (χ4v) is 3.47. The summed E-state index contributed by atoms with van der Waals surface area (Å²) in [5.74, 6) is -0.525. The SMILES string of the molecule is NC(=O)c1cccc2cn(-c3ccc(C4CCCNC4)cc3F)nc12. The number of rotatable bonds is 3. The van der Waals surface area contributed by atoms with Crippen molar-refractivity contribution in [2.24, 2.45) is 5.73 Å². The summed E-state index contributed by atoms with van der Waals surface area (Å²) >= 11 is 0. The van der Waals surface area contributed by atoms with E-state index in [1.54, 1.807) is 30.5 Å². The fraction of sp³-hybridized carbons (Fsp3) is 0.263. The lowest BCUT2D eigenvalue weighted by Crippen LogP contribution is -2.28. The van der Waals surface area contributed by atoms with E-state index in [1.165, 1.54) is 4.68 Å². The molecule has 0 saturated carbocycles. The summed E-state index contributed by atoms with van der Waals surface area (Å²) in [5.41, 5.74) is 7.57. The van der Waals surface area contributed by atoms with Crippen LogP contribution < -0.4 is 11.1 Å². The van der Waals surface area contributed by atoms with Gasteiger partial charge in [-0.3, -0.25) is 4.79 Å². The van der Waals surface area contributed by atoms with Crippen LogP contribution in [0, 0.1) is 5.82 Å². The molecular weight excluding hydrogens is 319 g/mol. The first kappa shape index (κ1) is 15.8. The first-order chi connectivity index (χ1) is 12.1. The number of piperidine rings is 1. The second-order valence-corrected chi connectivity index (χ2v) is 6.44. The van der Waals surface area contributed by atoms with Crippen LogP contribution >= 0.6 is 0 Å². The van der Waals surface area contributed by atoms with Crippen LogP contribution in [0.3, 0.4) is 0 Å². The molecule has 0 spiro atoms. The normalized spacial score (nSPS) is 17.7. The maximum Gasteiger partial charge on any atom is 0.250 e. The minimum absolute atomic E-state index is 0.323. The van der Waals surface area contributed by atoms with Crippen molar-refractivity contribution in [2.75, 3.05) is 13.1 Å². The summed E-state index contributed by atoms with van der Waals surface area (Å²) in [6.07, 6.45) is 3.88. The van der Waals surface area contributed by atoms with Crippen molar-refractivity contribution in [3.63, 3.8) is 0 Å². The highest BCUT2D eigenvalue weighted by molar-refractivity contribution is 6.04. The van der Waals surface area contributed by atoms with Crippen LogP contribution in [0.5, 0.6) is 0 Å². The number of amides is 1. The summed E-state index contributed by atoms with van der Waals surface area (Å²) in [5, 5.41) is 8.47. The molecule has 3 aromatic rings. The van der Waals surface area contributed by atoms with Gasteiger partial charge in [0, 0.05) is 18.1 Å². The molecule has 1 fully saturated rings. The third kappa shape index (κ3) is 2.89. The number of hydrogen-bond donors (Lipinski definition) is 2. The Morgan fingerprint density at radius 3 is 2.92 bits per heavy atom. The number of nitrogens with zero attached hydrogens (tertiary/aromatic N) is 2. The number of halogens is 1. The number of nitrogens with one attached hydrogen (secondary N) is 1. The molecule has 6 heteroatoms. The van der Waals surface area contributed by atoms with Crippen molar-refractivity contribution < 1.29 is 9.18 Å². The molecule has 1 unspecified atom stereocenters. The van der Waals surface area contributed by atoms with E-state index >= 15 is 0 Å². The number of carbonyl (C=O) groups is 1. The molecular formula is C19H19FN4O. The second kappa shape index (κ2) is 6.29. The Morgan fingerprint density at radius 2 is 2.20 bits per heavy atom. The number of primary amides is 1. The van der Waals surface area contributed by atoms with E-state index in [9.17, 15) is 9.18 Å². The lowest BCUT2D eigenvalue weighted by molar-refractivity contribution is 0.100. The molecule has 0 radical (unpaired) electrons.